The third-order valence-electron chi connectivity index (χ3n) is 3.46. The Kier molecular flexibility index (Phi) is 4.12. The highest BCUT2D eigenvalue weighted by molar-refractivity contribution is 5.00. The summed E-state index contributed by atoms with van der Waals surface area (Å²) in [6.07, 6.45) is 4.66. The molecule has 2 heterocycles. The van der Waals surface area contributed by atoms with Gasteiger partial charge in [0.2, 0.25) is 0 Å². The topological polar surface area (TPSA) is 60.0 Å². The van der Waals surface area contributed by atoms with Crippen molar-refractivity contribution in [2.24, 2.45) is 11.7 Å². The van der Waals surface area contributed by atoms with E-state index in [1.165, 1.54) is 25.9 Å². The molecule has 1 aromatic rings. The van der Waals surface area contributed by atoms with Gasteiger partial charge in [-0.2, -0.15) is 0 Å². The minimum Gasteiger partial charge on any atom is -0.322 e. The zero-order valence-electron chi connectivity index (χ0n) is 10.8. The van der Waals surface area contributed by atoms with Crippen molar-refractivity contribution in [3.63, 3.8) is 0 Å². The molecule has 1 aromatic heterocycles. The molecule has 0 aromatic carbocycles. The predicted octanol–water partition coefficient (Wildman–Crippen LogP) is 1.03. The first kappa shape index (κ1) is 12.5. The maximum atomic E-state index is 6.04. The van der Waals surface area contributed by atoms with Crippen LogP contribution in [0, 0.1) is 5.92 Å². The summed E-state index contributed by atoms with van der Waals surface area (Å²) in [6.45, 7) is 8.65. The van der Waals surface area contributed by atoms with Crippen LogP contribution in [0.15, 0.2) is 6.20 Å². The number of likely N-dealkylation sites (tertiary alicyclic amines) is 1. The van der Waals surface area contributed by atoms with Gasteiger partial charge in [0.1, 0.15) is 0 Å². The predicted molar refractivity (Wildman–Crippen MR) is 67.5 cm³/mol. The lowest BCUT2D eigenvalue weighted by Crippen LogP contribution is -2.24. The monoisotopic (exact) mass is 237 g/mol. The number of rotatable bonds is 5. The van der Waals surface area contributed by atoms with Gasteiger partial charge in [-0.25, -0.2) is 0 Å². The molecule has 1 atom stereocenters. The van der Waals surface area contributed by atoms with Crippen LogP contribution in [0.25, 0.3) is 0 Å². The first-order chi connectivity index (χ1) is 8.16. The Morgan fingerprint density at radius 3 is 2.65 bits per heavy atom. The Hall–Kier alpha value is -0.940. The van der Waals surface area contributed by atoms with Gasteiger partial charge in [0, 0.05) is 6.54 Å². The molecule has 5 nitrogen and oxygen atoms in total. The minimum atomic E-state index is -0.00413. The van der Waals surface area contributed by atoms with Crippen molar-refractivity contribution in [1.29, 1.82) is 0 Å². The summed E-state index contributed by atoms with van der Waals surface area (Å²) < 4.78 is 1.91. The first-order valence-corrected chi connectivity index (χ1v) is 6.55. The SMILES string of the molecule is CC(C)C(N)c1cn(CCN2CCCC2)nn1. The Bertz CT molecular complexity index is 340. The fourth-order valence-electron chi connectivity index (χ4n) is 2.17. The molecule has 0 radical (unpaired) electrons. The quantitative estimate of drug-likeness (QED) is 0.831. The Balaban J connectivity index is 1.85. The molecule has 0 amide bonds. The molecule has 1 aliphatic heterocycles. The lowest BCUT2D eigenvalue weighted by atomic mass is 10.0. The van der Waals surface area contributed by atoms with Crippen LogP contribution >= 0.6 is 0 Å². The van der Waals surface area contributed by atoms with E-state index < -0.39 is 0 Å². The lowest BCUT2D eigenvalue weighted by molar-refractivity contribution is 0.314. The number of hydrogen-bond donors (Lipinski definition) is 1. The fraction of sp³-hybridized carbons (Fsp3) is 0.833. The van der Waals surface area contributed by atoms with Crippen molar-refractivity contribution >= 4 is 0 Å². The average Bonchev–Trinajstić information content (AvgIpc) is 2.96. The van der Waals surface area contributed by atoms with Crippen LogP contribution in [0.1, 0.15) is 38.4 Å². The molecular weight excluding hydrogens is 214 g/mol. The normalized spacial score (nSPS) is 19.1. The van der Waals surface area contributed by atoms with E-state index in [1.807, 2.05) is 10.9 Å². The summed E-state index contributed by atoms with van der Waals surface area (Å²) in [5.41, 5.74) is 6.95. The second-order valence-corrected chi connectivity index (χ2v) is 5.23. The maximum absolute atomic E-state index is 6.04. The van der Waals surface area contributed by atoms with Crippen LogP contribution in [0.4, 0.5) is 0 Å². The van der Waals surface area contributed by atoms with Crippen LogP contribution in [-0.4, -0.2) is 39.5 Å². The maximum Gasteiger partial charge on any atom is 0.0996 e. The molecule has 1 unspecified atom stereocenters. The van der Waals surface area contributed by atoms with Crippen LogP contribution in [0.5, 0.6) is 0 Å². The average molecular weight is 237 g/mol. The van der Waals surface area contributed by atoms with Gasteiger partial charge in [-0.1, -0.05) is 19.1 Å². The van der Waals surface area contributed by atoms with E-state index in [0.717, 1.165) is 18.8 Å². The van der Waals surface area contributed by atoms with E-state index >= 15 is 0 Å². The third kappa shape index (κ3) is 3.26. The third-order valence-corrected chi connectivity index (χ3v) is 3.46. The number of nitrogens with two attached hydrogens (primary N) is 1. The van der Waals surface area contributed by atoms with Crippen molar-refractivity contribution < 1.29 is 0 Å². The van der Waals surface area contributed by atoms with Gasteiger partial charge in [-0.05, 0) is 31.8 Å². The van der Waals surface area contributed by atoms with E-state index in [2.05, 4.69) is 29.1 Å². The molecule has 0 saturated carbocycles. The molecule has 17 heavy (non-hydrogen) atoms. The van der Waals surface area contributed by atoms with Crippen molar-refractivity contribution in [3.8, 4) is 0 Å². The highest BCUT2D eigenvalue weighted by Crippen LogP contribution is 2.15. The molecule has 1 fully saturated rings. The summed E-state index contributed by atoms with van der Waals surface area (Å²) in [6, 6.07) is -0.00413. The van der Waals surface area contributed by atoms with Gasteiger partial charge in [-0.3, -0.25) is 4.68 Å². The second kappa shape index (κ2) is 5.60. The number of nitrogens with zero attached hydrogens (tertiary/aromatic N) is 4. The molecule has 5 heteroatoms. The summed E-state index contributed by atoms with van der Waals surface area (Å²) in [5.74, 6) is 0.402. The second-order valence-electron chi connectivity index (χ2n) is 5.23. The van der Waals surface area contributed by atoms with Crippen LogP contribution in [-0.2, 0) is 6.54 Å². The van der Waals surface area contributed by atoms with Crippen molar-refractivity contribution in [2.75, 3.05) is 19.6 Å². The highest BCUT2D eigenvalue weighted by atomic mass is 15.4. The fourth-order valence-corrected chi connectivity index (χ4v) is 2.17. The molecular formula is C12H23N5. The van der Waals surface area contributed by atoms with Crippen LogP contribution in [0.3, 0.4) is 0 Å². The zero-order valence-corrected chi connectivity index (χ0v) is 10.8. The highest BCUT2D eigenvalue weighted by Gasteiger charge is 2.15. The van der Waals surface area contributed by atoms with Gasteiger partial charge in [0.15, 0.2) is 0 Å². The molecule has 2 rings (SSSR count). The van der Waals surface area contributed by atoms with Gasteiger partial charge in [-0.15, -0.1) is 5.10 Å². The molecule has 96 valence electrons. The van der Waals surface area contributed by atoms with E-state index in [1.54, 1.807) is 0 Å². The van der Waals surface area contributed by atoms with Crippen LogP contribution < -0.4 is 5.73 Å². The van der Waals surface area contributed by atoms with Gasteiger partial charge >= 0.3 is 0 Å². The molecule has 1 aliphatic rings. The molecule has 1 saturated heterocycles. The Morgan fingerprint density at radius 1 is 1.29 bits per heavy atom. The van der Waals surface area contributed by atoms with E-state index in [9.17, 15) is 0 Å². The van der Waals surface area contributed by atoms with Gasteiger partial charge in [0.25, 0.3) is 0 Å². The minimum absolute atomic E-state index is 0.00413. The van der Waals surface area contributed by atoms with Gasteiger partial charge < -0.3 is 10.6 Å². The summed E-state index contributed by atoms with van der Waals surface area (Å²) in [7, 11) is 0. The molecule has 2 N–H and O–H groups in total. The standard InChI is InChI=1S/C12H23N5/c1-10(2)12(13)11-9-17(15-14-11)8-7-16-5-3-4-6-16/h9-10,12H,3-8,13H2,1-2H3. The van der Waals surface area contributed by atoms with E-state index in [4.69, 9.17) is 5.73 Å². The van der Waals surface area contributed by atoms with E-state index in [-0.39, 0.29) is 6.04 Å². The van der Waals surface area contributed by atoms with E-state index in [0.29, 0.717) is 5.92 Å². The zero-order chi connectivity index (χ0) is 12.3. The smallest absolute Gasteiger partial charge is 0.0996 e. The molecule has 0 bridgehead atoms. The van der Waals surface area contributed by atoms with Crippen molar-refractivity contribution in [1.82, 2.24) is 19.9 Å². The van der Waals surface area contributed by atoms with Gasteiger partial charge in [0.05, 0.1) is 24.5 Å². The summed E-state index contributed by atoms with van der Waals surface area (Å²) >= 11 is 0. The van der Waals surface area contributed by atoms with Crippen molar-refractivity contribution in [3.05, 3.63) is 11.9 Å². The van der Waals surface area contributed by atoms with Crippen molar-refractivity contribution in [2.45, 2.75) is 39.3 Å². The summed E-state index contributed by atoms with van der Waals surface area (Å²) in [5, 5.41) is 8.29. The molecule has 0 aliphatic carbocycles. The largest absolute Gasteiger partial charge is 0.322 e. The first-order valence-electron chi connectivity index (χ1n) is 6.55. The Morgan fingerprint density at radius 2 is 2.00 bits per heavy atom. The molecule has 0 spiro atoms. The summed E-state index contributed by atoms with van der Waals surface area (Å²) in [4.78, 5) is 2.48. The van der Waals surface area contributed by atoms with Crippen LogP contribution in [0.2, 0.25) is 0 Å². The number of hydrogen-bond acceptors (Lipinski definition) is 4. The Labute approximate surface area is 103 Å². The number of aromatic nitrogens is 3. The lowest BCUT2D eigenvalue weighted by Gasteiger charge is -2.13.